The molecule has 2 aliphatic rings. The summed E-state index contributed by atoms with van der Waals surface area (Å²) in [5.41, 5.74) is 3.07. The number of thioether (sulfide) groups is 1. The molecular formula is C20H25ClN6O7S2. The Labute approximate surface area is 219 Å². The maximum Gasteiger partial charge on any atom is 0.353 e. The molecule has 196 valence electrons. The molecule has 0 spiro atoms. The van der Waals surface area contributed by atoms with Crippen molar-refractivity contribution < 1.29 is 33.9 Å². The van der Waals surface area contributed by atoms with E-state index in [4.69, 9.17) is 26.9 Å². The lowest BCUT2D eigenvalue weighted by Gasteiger charge is -2.49. The standard InChI is InChI=1S/C20H25ClN6O7S2/c1-19(2,3)33-17(32)20(4,5)34-25-9(12-24-18(22)36-26-12)13(28)23-10-14(29)27-11(16(30)31)8(6-21)7-35-15(10)27/h10,15H,6-7H2,1-5H3,(H,23,28)(H,30,31)(H2,22,24,26)/t10-,15+/m1/s1. The van der Waals surface area contributed by atoms with Crippen LogP contribution in [0.25, 0.3) is 0 Å². The lowest BCUT2D eigenvalue weighted by molar-refractivity contribution is -0.179. The van der Waals surface area contributed by atoms with Crippen LogP contribution in [0, 0.1) is 0 Å². The number of rotatable bonds is 8. The molecule has 16 heteroatoms. The van der Waals surface area contributed by atoms with E-state index in [1.807, 2.05) is 0 Å². The first kappa shape index (κ1) is 27.7. The van der Waals surface area contributed by atoms with Gasteiger partial charge in [0.25, 0.3) is 11.8 Å². The summed E-state index contributed by atoms with van der Waals surface area (Å²) in [6, 6.07) is -1.05. The van der Waals surface area contributed by atoms with Gasteiger partial charge in [0, 0.05) is 23.2 Å². The largest absolute Gasteiger partial charge is 0.477 e. The Hall–Kier alpha value is -2.91. The van der Waals surface area contributed by atoms with Gasteiger partial charge < -0.3 is 25.7 Å². The number of amides is 2. The Balaban J connectivity index is 1.82. The molecule has 2 amide bonds. The number of nitrogens with two attached hydrogens (primary N) is 1. The van der Waals surface area contributed by atoms with Crippen molar-refractivity contribution >= 4 is 69.5 Å². The number of carboxylic acids is 1. The van der Waals surface area contributed by atoms with Crippen LogP contribution in [0.2, 0.25) is 0 Å². The molecule has 3 heterocycles. The van der Waals surface area contributed by atoms with E-state index < -0.39 is 52.1 Å². The molecular weight excluding hydrogens is 536 g/mol. The SMILES string of the molecule is CC(C)(C)OC(=O)C(C)(C)ON=C(C(=O)N[C@@H]1C(=O)N2C(C(=O)O)=C(CCl)CS[C@@H]12)c1nsc(N)n1. The molecule has 1 aromatic rings. The van der Waals surface area contributed by atoms with E-state index in [0.29, 0.717) is 5.57 Å². The van der Waals surface area contributed by atoms with Gasteiger partial charge in [0.05, 0.1) is 0 Å². The highest BCUT2D eigenvalue weighted by Gasteiger charge is 2.54. The fourth-order valence-corrected chi connectivity index (χ4v) is 5.22. The number of hydrogen-bond donors (Lipinski definition) is 3. The van der Waals surface area contributed by atoms with Crippen LogP contribution in [-0.4, -0.2) is 83.1 Å². The molecule has 0 unspecified atom stereocenters. The van der Waals surface area contributed by atoms with Gasteiger partial charge in [-0.15, -0.1) is 23.4 Å². The zero-order chi connectivity index (χ0) is 27.0. The Morgan fingerprint density at radius 2 is 1.97 bits per heavy atom. The normalized spacial score (nSPS) is 20.4. The van der Waals surface area contributed by atoms with Crippen molar-refractivity contribution in [2.75, 3.05) is 17.4 Å². The van der Waals surface area contributed by atoms with Crippen LogP contribution in [0.5, 0.6) is 0 Å². The van der Waals surface area contributed by atoms with E-state index in [2.05, 4.69) is 19.8 Å². The third kappa shape index (κ3) is 5.73. The van der Waals surface area contributed by atoms with E-state index in [1.54, 1.807) is 20.8 Å². The van der Waals surface area contributed by atoms with Crippen molar-refractivity contribution in [2.45, 2.75) is 57.2 Å². The number of nitrogens with zero attached hydrogens (tertiary/aromatic N) is 4. The summed E-state index contributed by atoms with van der Waals surface area (Å²) in [6.45, 7) is 7.88. The number of aliphatic carboxylic acids is 1. The third-order valence-electron chi connectivity index (χ3n) is 4.82. The number of β-lactam (4-membered cyclic amide) rings is 1. The van der Waals surface area contributed by atoms with Crippen molar-refractivity contribution in [3.8, 4) is 0 Å². The second-order valence-corrected chi connectivity index (χ2v) is 11.4. The summed E-state index contributed by atoms with van der Waals surface area (Å²) in [5.74, 6) is -3.45. The van der Waals surface area contributed by atoms with E-state index in [9.17, 15) is 24.3 Å². The number of carbonyl (C=O) groups excluding carboxylic acids is 3. The average molecular weight is 561 g/mol. The van der Waals surface area contributed by atoms with Crippen LogP contribution in [0.1, 0.15) is 40.4 Å². The number of carbonyl (C=O) groups is 4. The minimum atomic E-state index is -1.58. The van der Waals surface area contributed by atoms with Gasteiger partial charge in [-0.25, -0.2) is 9.59 Å². The van der Waals surface area contributed by atoms with Crippen LogP contribution in [0.15, 0.2) is 16.4 Å². The molecule has 0 bridgehead atoms. The summed E-state index contributed by atoms with van der Waals surface area (Å²) >= 11 is 7.91. The number of halogens is 1. The summed E-state index contributed by atoms with van der Waals surface area (Å²) in [6.07, 6.45) is 0. The minimum absolute atomic E-state index is 0.0410. The average Bonchev–Trinajstić information content (AvgIpc) is 3.20. The Morgan fingerprint density at radius 1 is 1.31 bits per heavy atom. The fourth-order valence-electron chi connectivity index (χ4n) is 3.11. The lowest BCUT2D eigenvalue weighted by Crippen LogP contribution is -2.71. The molecule has 1 aromatic heterocycles. The Morgan fingerprint density at radius 3 is 2.50 bits per heavy atom. The smallest absolute Gasteiger partial charge is 0.353 e. The van der Waals surface area contributed by atoms with Crippen LogP contribution < -0.4 is 11.1 Å². The highest BCUT2D eigenvalue weighted by Crippen LogP contribution is 2.40. The first-order valence-corrected chi connectivity index (χ1v) is 12.9. The van der Waals surface area contributed by atoms with E-state index >= 15 is 0 Å². The van der Waals surface area contributed by atoms with Gasteiger partial charge >= 0.3 is 11.9 Å². The van der Waals surface area contributed by atoms with E-state index in [0.717, 1.165) is 16.4 Å². The van der Waals surface area contributed by atoms with Crippen molar-refractivity contribution in [1.29, 1.82) is 0 Å². The second kappa shape index (κ2) is 10.2. The number of oxime groups is 1. The summed E-state index contributed by atoms with van der Waals surface area (Å²) in [4.78, 5) is 60.5. The van der Waals surface area contributed by atoms with E-state index in [1.165, 1.54) is 25.6 Å². The number of anilines is 1. The zero-order valence-electron chi connectivity index (χ0n) is 20.0. The number of alkyl halides is 1. The highest BCUT2D eigenvalue weighted by atomic mass is 35.5. The van der Waals surface area contributed by atoms with E-state index in [-0.39, 0.29) is 28.3 Å². The van der Waals surface area contributed by atoms with Gasteiger partial charge in [0.1, 0.15) is 22.7 Å². The van der Waals surface area contributed by atoms with Crippen molar-refractivity contribution in [1.82, 2.24) is 19.6 Å². The Kier molecular flexibility index (Phi) is 7.86. The van der Waals surface area contributed by atoms with Gasteiger partial charge in [-0.05, 0) is 40.2 Å². The predicted octanol–water partition coefficient (Wildman–Crippen LogP) is 0.939. The number of carboxylic acid groups (broad SMARTS) is 1. The second-order valence-electron chi connectivity index (χ2n) is 9.25. The Bertz CT molecular complexity index is 1160. The van der Waals surface area contributed by atoms with Crippen molar-refractivity contribution in [3.63, 3.8) is 0 Å². The van der Waals surface area contributed by atoms with Gasteiger partial charge in [-0.2, -0.15) is 9.36 Å². The quantitative estimate of drug-likeness (QED) is 0.135. The molecule has 36 heavy (non-hydrogen) atoms. The first-order valence-electron chi connectivity index (χ1n) is 10.5. The molecule has 13 nitrogen and oxygen atoms in total. The van der Waals surface area contributed by atoms with Crippen LogP contribution in [0.3, 0.4) is 0 Å². The van der Waals surface area contributed by atoms with Crippen LogP contribution in [0.4, 0.5) is 5.13 Å². The van der Waals surface area contributed by atoms with Gasteiger partial charge in [0.2, 0.25) is 17.1 Å². The van der Waals surface area contributed by atoms with Crippen LogP contribution in [-0.2, 0) is 28.8 Å². The number of ether oxygens (including phenoxy) is 1. The zero-order valence-corrected chi connectivity index (χ0v) is 22.4. The minimum Gasteiger partial charge on any atom is -0.477 e. The summed E-state index contributed by atoms with van der Waals surface area (Å²) in [7, 11) is 0. The van der Waals surface area contributed by atoms with Crippen molar-refractivity contribution in [3.05, 3.63) is 17.1 Å². The third-order valence-corrected chi connectivity index (χ3v) is 7.03. The maximum atomic E-state index is 13.1. The van der Waals surface area contributed by atoms with Gasteiger partial charge in [0.15, 0.2) is 5.13 Å². The number of fused-ring (bicyclic) bond motifs is 1. The van der Waals surface area contributed by atoms with Crippen LogP contribution >= 0.6 is 34.9 Å². The molecule has 0 aliphatic carbocycles. The molecule has 2 atom stereocenters. The highest BCUT2D eigenvalue weighted by molar-refractivity contribution is 8.00. The maximum absolute atomic E-state index is 13.1. The van der Waals surface area contributed by atoms with Gasteiger partial charge in [-0.1, -0.05) is 5.16 Å². The monoisotopic (exact) mass is 560 g/mol. The molecule has 0 radical (unpaired) electrons. The fraction of sp³-hybridized carbons (Fsp3) is 0.550. The predicted molar refractivity (Wildman–Crippen MR) is 132 cm³/mol. The number of esters is 1. The number of nitrogens with one attached hydrogen (secondary N) is 1. The molecule has 0 saturated carbocycles. The number of hydrogen-bond acceptors (Lipinski definition) is 12. The number of aromatic nitrogens is 2. The summed E-state index contributed by atoms with van der Waals surface area (Å²) < 4.78 is 9.29. The molecule has 0 aromatic carbocycles. The molecule has 1 saturated heterocycles. The molecule has 1 fully saturated rings. The lowest BCUT2D eigenvalue weighted by atomic mass is 10.0. The summed E-state index contributed by atoms with van der Waals surface area (Å²) in [5, 5.41) is 15.3. The van der Waals surface area contributed by atoms with Gasteiger partial charge in [-0.3, -0.25) is 14.5 Å². The molecule has 3 rings (SSSR count). The molecule has 2 aliphatic heterocycles. The first-order chi connectivity index (χ1) is 16.7. The molecule has 4 N–H and O–H groups in total. The topological polar surface area (TPSA) is 186 Å². The number of nitrogen functional groups attached to an aromatic ring is 1. The van der Waals surface area contributed by atoms with Crippen molar-refractivity contribution in [2.24, 2.45) is 5.16 Å².